The van der Waals surface area contributed by atoms with Crippen LogP contribution in [0.3, 0.4) is 0 Å². The molecule has 0 bridgehead atoms. The van der Waals surface area contributed by atoms with Crippen molar-refractivity contribution in [3.8, 4) is 5.75 Å². The third-order valence-corrected chi connectivity index (χ3v) is 5.30. The highest BCUT2D eigenvalue weighted by molar-refractivity contribution is 7.90. The number of benzene rings is 2. The number of rotatable bonds is 6. The second kappa shape index (κ2) is 6.45. The molecule has 2 aromatic carbocycles. The standard InChI is InChI=1S/C16H21NO3S/c1-12(2)21(18,19)17-9-8-13-4-5-15-11-16(20-3)7-6-14(15)10-13/h4-7,10-12,17H,8-9H2,1-3H3. The lowest BCUT2D eigenvalue weighted by atomic mass is 10.0. The molecule has 5 heteroatoms. The fourth-order valence-electron chi connectivity index (χ4n) is 2.06. The zero-order chi connectivity index (χ0) is 15.5. The summed E-state index contributed by atoms with van der Waals surface area (Å²) in [6.07, 6.45) is 0.675. The van der Waals surface area contributed by atoms with Crippen molar-refractivity contribution in [2.75, 3.05) is 13.7 Å². The molecule has 0 aliphatic heterocycles. The van der Waals surface area contributed by atoms with E-state index in [4.69, 9.17) is 4.74 Å². The minimum absolute atomic E-state index is 0.401. The number of ether oxygens (including phenoxy) is 1. The van der Waals surface area contributed by atoms with Crippen molar-refractivity contribution < 1.29 is 13.2 Å². The highest BCUT2D eigenvalue weighted by Gasteiger charge is 2.14. The van der Waals surface area contributed by atoms with E-state index in [1.807, 2.05) is 30.3 Å². The molecule has 0 aliphatic carbocycles. The Labute approximate surface area is 126 Å². The van der Waals surface area contributed by atoms with Crippen LogP contribution in [0.15, 0.2) is 36.4 Å². The van der Waals surface area contributed by atoms with Crippen molar-refractivity contribution in [3.63, 3.8) is 0 Å². The topological polar surface area (TPSA) is 55.4 Å². The van der Waals surface area contributed by atoms with Crippen molar-refractivity contribution in [3.05, 3.63) is 42.0 Å². The SMILES string of the molecule is COc1ccc2cc(CCNS(=O)(=O)C(C)C)ccc2c1. The first-order valence-electron chi connectivity index (χ1n) is 6.97. The lowest BCUT2D eigenvalue weighted by Crippen LogP contribution is -2.32. The molecule has 0 heterocycles. The second-order valence-corrected chi connectivity index (χ2v) is 7.61. The van der Waals surface area contributed by atoms with Gasteiger partial charge in [-0.15, -0.1) is 0 Å². The number of hydrogen-bond acceptors (Lipinski definition) is 3. The lowest BCUT2D eigenvalue weighted by Gasteiger charge is -2.10. The first-order chi connectivity index (χ1) is 9.92. The van der Waals surface area contributed by atoms with E-state index in [0.29, 0.717) is 13.0 Å². The number of nitrogens with one attached hydrogen (secondary N) is 1. The predicted molar refractivity (Wildman–Crippen MR) is 86.3 cm³/mol. The summed E-state index contributed by atoms with van der Waals surface area (Å²) in [6, 6.07) is 12.1. The Balaban J connectivity index is 2.07. The Morgan fingerprint density at radius 1 is 1.10 bits per heavy atom. The number of hydrogen-bond donors (Lipinski definition) is 1. The van der Waals surface area contributed by atoms with Gasteiger partial charge in [-0.05, 0) is 48.7 Å². The van der Waals surface area contributed by atoms with Gasteiger partial charge >= 0.3 is 0 Å². The van der Waals surface area contributed by atoms with Crippen LogP contribution in [0.25, 0.3) is 10.8 Å². The Hall–Kier alpha value is -1.59. The lowest BCUT2D eigenvalue weighted by molar-refractivity contribution is 0.415. The maximum atomic E-state index is 11.7. The van der Waals surface area contributed by atoms with Gasteiger partial charge in [-0.2, -0.15) is 0 Å². The zero-order valence-corrected chi connectivity index (χ0v) is 13.4. The summed E-state index contributed by atoms with van der Waals surface area (Å²) in [5.41, 5.74) is 1.11. The summed E-state index contributed by atoms with van der Waals surface area (Å²) in [5, 5.41) is 1.84. The van der Waals surface area contributed by atoms with E-state index in [0.717, 1.165) is 22.1 Å². The van der Waals surface area contributed by atoms with Gasteiger partial charge in [-0.1, -0.05) is 24.3 Å². The van der Waals surface area contributed by atoms with E-state index in [9.17, 15) is 8.42 Å². The van der Waals surface area contributed by atoms with Gasteiger partial charge in [-0.25, -0.2) is 13.1 Å². The smallest absolute Gasteiger partial charge is 0.213 e. The van der Waals surface area contributed by atoms with Gasteiger partial charge in [-0.3, -0.25) is 0 Å². The highest BCUT2D eigenvalue weighted by atomic mass is 32.2. The van der Waals surface area contributed by atoms with Crippen LogP contribution >= 0.6 is 0 Å². The Morgan fingerprint density at radius 3 is 2.43 bits per heavy atom. The largest absolute Gasteiger partial charge is 0.497 e. The third-order valence-electron chi connectivity index (χ3n) is 3.45. The van der Waals surface area contributed by atoms with E-state index in [-0.39, 0.29) is 0 Å². The fraction of sp³-hybridized carbons (Fsp3) is 0.375. The second-order valence-electron chi connectivity index (χ2n) is 5.29. The van der Waals surface area contributed by atoms with Gasteiger partial charge in [0, 0.05) is 6.54 Å². The molecule has 2 rings (SSSR count). The number of fused-ring (bicyclic) bond motifs is 1. The molecule has 0 saturated carbocycles. The Bertz CT molecular complexity index is 723. The van der Waals surface area contributed by atoms with Crippen molar-refractivity contribution in [1.29, 1.82) is 0 Å². The van der Waals surface area contributed by atoms with E-state index in [2.05, 4.69) is 10.8 Å². The molecule has 4 nitrogen and oxygen atoms in total. The predicted octanol–water partition coefficient (Wildman–Crippen LogP) is 2.72. The van der Waals surface area contributed by atoms with E-state index >= 15 is 0 Å². The summed E-state index contributed by atoms with van der Waals surface area (Å²) in [5.74, 6) is 0.833. The molecule has 0 amide bonds. The molecule has 0 unspecified atom stereocenters. The van der Waals surface area contributed by atoms with Crippen LogP contribution in [0.4, 0.5) is 0 Å². The first-order valence-corrected chi connectivity index (χ1v) is 8.52. The van der Waals surface area contributed by atoms with Crippen molar-refractivity contribution in [2.24, 2.45) is 0 Å². The van der Waals surface area contributed by atoms with Crippen molar-refractivity contribution >= 4 is 20.8 Å². The van der Waals surface area contributed by atoms with E-state index in [1.54, 1.807) is 21.0 Å². The Morgan fingerprint density at radius 2 is 1.76 bits per heavy atom. The third kappa shape index (κ3) is 3.95. The van der Waals surface area contributed by atoms with Gasteiger partial charge < -0.3 is 4.74 Å². The fourth-order valence-corrected chi connectivity index (χ4v) is 2.78. The van der Waals surface area contributed by atoms with Gasteiger partial charge in [0.1, 0.15) is 5.75 Å². The molecule has 0 radical (unpaired) electrons. The van der Waals surface area contributed by atoms with Crippen LogP contribution in [0, 0.1) is 0 Å². The molecule has 0 saturated heterocycles. The molecule has 1 N–H and O–H groups in total. The zero-order valence-electron chi connectivity index (χ0n) is 12.6. The van der Waals surface area contributed by atoms with Gasteiger partial charge in [0.25, 0.3) is 0 Å². The summed E-state index contributed by atoms with van der Waals surface area (Å²) < 4.78 is 31.2. The average Bonchev–Trinajstić information content (AvgIpc) is 2.46. The molecular weight excluding hydrogens is 286 g/mol. The van der Waals surface area contributed by atoms with Crippen LogP contribution in [-0.2, 0) is 16.4 Å². The van der Waals surface area contributed by atoms with Crippen LogP contribution < -0.4 is 9.46 Å². The maximum Gasteiger partial charge on any atom is 0.213 e. The normalized spacial score (nSPS) is 12.0. The van der Waals surface area contributed by atoms with Crippen LogP contribution in [0.5, 0.6) is 5.75 Å². The summed E-state index contributed by atoms with van der Waals surface area (Å²) in [6.45, 7) is 3.76. The number of methoxy groups -OCH3 is 1. The first kappa shape index (κ1) is 15.8. The molecule has 21 heavy (non-hydrogen) atoms. The van der Waals surface area contributed by atoms with Crippen LogP contribution in [-0.4, -0.2) is 27.3 Å². The molecule has 0 atom stereocenters. The maximum absolute atomic E-state index is 11.7. The molecule has 114 valence electrons. The van der Waals surface area contributed by atoms with Crippen LogP contribution in [0.2, 0.25) is 0 Å². The highest BCUT2D eigenvalue weighted by Crippen LogP contribution is 2.22. The Kier molecular flexibility index (Phi) is 4.85. The number of sulfonamides is 1. The van der Waals surface area contributed by atoms with Gasteiger partial charge in [0.05, 0.1) is 12.4 Å². The molecule has 0 spiro atoms. The molecule has 0 fully saturated rings. The minimum atomic E-state index is -3.19. The van der Waals surface area contributed by atoms with E-state index < -0.39 is 15.3 Å². The molecule has 0 aromatic heterocycles. The van der Waals surface area contributed by atoms with Crippen molar-refractivity contribution in [1.82, 2.24) is 4.72 Å². The molecule has 0 aliphatic rings. The van der Waals surface area contributed by atoms with E-state index in [1.165, 1.54) is 0 Å². The quantitative estimate of drug-likeness (QED) is 0.893. The van der Waals surface area contributed by atoms with Gasteiger partial charge in [0.15, 0.2) is 0 Å². The van der Waals surface area contributed by atoms with Crippen LogP contribution in [0.1, 0.15) is 19.4 Å². The molecular formula is C16H21NO3S. The monoisotopic (exact) mass is 307 g/mol. The summed E-state index contributed by atoms with van der Waals surface area (Å²) >= 11 is 0. The van der Waals surface area contributed by atoms with Crippen molar-refractivity contribution in [2.45, 2.75) is 25.5 Å². The minimum Gasteiger partial charge on any atom is -0.497 e. The molecule has 2 aromatic rings. The summed E-state index contributed by atoms with van der Waals surface area (Å²) in [7, 11) is -1.54. The summed E-state index contributed by atoms with van der Waals surface area (Å²) in [4.78, 5) is 0. The average molecular weight is 307 g/mol. The van der Waals surface area contributed by atoms with Gasteiger partial charge in [0.2, 0.25) is 10.0 Å².